The predicted molar refractivity (Wildman–Crippen MR) is 70.0 cm³/mol. The van der Waals surface area contributed by atoms with Gasteiger partial charge in [-0.05, 0) is 36.3 Å². The first-order valence-electron chi connectivity index (χ1n) is 6.42. The molecule has 1 aliphatic rings. The highest BCUT2D eigenvalue weighted by Crippen LogP contribution is 2.51. The van der Waals surface area contributed by atoms with E-state index in [1.807, 2.05) is 0 Å². The molecule has 0 atom stereocenters. The molecule has 5 heteroatoms. The molecule has 1 aromatic heterocycles. The zero-order valence-corrected chi connectivity index (χ0v) is 11.1. The number of amides is 1. The van der Waals surface area contributed by atoms with Gasteiger partial charge in [0.1, 0.15) is 5.69 Å². The minimum atomic E-state index is -1.13. The molecule has 19 heavy (non-hydrogen) atoms. The van der Waals surface area contributed by atoms with Crippen LogP contribution in [0.25, 0.3) is 0 Å². The fourth-order valence-electron chi connectivity index (χ4n) is 2.17. The molecule has 0 saturated heterocycles. The Morgan fingerprint density at radius 3 is 2.68 bits per heavy atom. The number of carbonyl (C=O) groups is 2. The van der Waals surface area contributed by atoms with Gasteiger partial charge in [-0.25, -0.2) is 9.78 Å². The van der Waals surface area contributed by atoms with Crippen LogP contribution in [0.15, 0.2) is 18.3 Å². The van der Waals surface area contributed by atoms with E-state index in [9.17, 15) is 9.59 Å². The van der Waals surface area contributed by atoms with Crippen LogP contribution in [0.2, 0.25) is 0 Å². The van der Waals surface area contributed by atoms with Crippen molar-refractivity contribution in [2.45, 2.75) is 26.7 Å². The maximum absolute atomic E-state index is 12.0. The van der Waals surface area contributed by atoms with E-state index in [1.54, 1.807) is 0 Å². The Hall–Kier alpha value is -1.91. The van der Waals surface area contributed by atoms with Crippen LogP contribution >= 0.6 is 0 Å². The summed E-state index contributed by atoms with van der Waals surface area (Å²) in [6.45, 7) is 4.97. The number of hydrogen-bond donors (Lipinski definition) is 2. The van der Waals surface area contributed by atoms with Crippen LogP contribution in [0.3, 0.4) is 0 Å². The van der Waals surface area contributed by atoms with Gasteiger partial charge in [-0.1, -0.05) is 13.8 Å². The standard InChI is InChI=1S/C14H18N2O3/c1-9(2)14(4-5-14)8-16-12(17)10-3-6-15-11(7-10)13(18)19/h3,6-7,9H,4-5,8H2,1-2H3,(H,16,17)(H,18,19). The summed E-state index contributed by atoms with van der Waals surface area (Å²) in [4.78, 5) is 26.5. The number of hydrogen-bond acceptors (Lipinski definition) is 3. The molecule has 5 nitrogen and oxygen atoms in total. The molecule has 0 bridgehead atoms. The molecule has 1 amide bonds. The Labute approximate surface area is 112 Å². The molecule has 0 aromatic carbocycles. The van der Waals surface area contributed by atoms with E-state index in [0.29, 0.717) is 18.0 Å². The number of nitrogens with one attached hydrogen (secondary N) is 1. The number of nitrogens with zero attached hydrogens (tertiary/aromatic N) is 1. The van der Waals surface area contributed by atoms with Gasteiger partial charge in [-0.2, -0.15) is 0 Å². The van der Waals surface area contributed by atoms with Crippen LogP contribution in [0.4, 0.5) is 0 Å². The summed E-state index contributed by atoms with van der Waals surface area (Å²) in [5, 5.41) is 11.7. The fourth-order valence-corrected chi connectivity index (χ4v) is 2.17. The highest BCUT2D eigenvalue weighted by molar-refractivity contribution is 5.96. The largest absolute Gasteiger partial charge is 0.477 e. The number of aromatic nitrogens is 1. The number of carboxylic acid groups (broad SMARTS) is 1. The first-order chi connectivity index (χ1) is 8.94. The molecule has 0 unspecified atom stereocenters. The van der Waals surface area contributed by atoms with Gasteiger partial charge < -0.3 is 10.4 Å². The maximum Gasteiger partial charge on any atom is 0.354 e. The third kappa shape index (κ3) is 2.92. The summed E-state index contributed by atoms with van der Waals surface area (Å²) < 4.78 is 0. The summed E-state index contributed by atoms with van der Waals surface area (Å²) in [5.41, 5.74) is 0.461. The molecule has 1 saturated carbocycles. The van der Waals surface area contributed by atoms with E-state index < -0.39 is 5.97 Å². The molecule has 2 N–H and O–H groups in total. The Balaban J connectivity index is 2.00. The molecule has 0 radical (unpaired) electrons. The Bertz CT molecular complexity index is 507. The summed E-state index contributed by atoms with van der Waals surface area (Å²) >= 11 is 0. The van der Waals surface area contributed by atoms with E-state index >= 15 is 0 Å². The second kappa shape index (κ2) is 4.99. The maximum atomic E-state index is 12.0. The van der Waals surface area contributed by atoms with Crippen LogP contribution in [-0.2, 0) is 0 Å². The summed E-state index contributed by atoms with van der Waals surface area (Å²) in [6, 6.07) is 2.82. The van der Waals surface area contributed by atoms with Crippen LogP contribution in [0.5, 0.6) is 0 Å². The lowest BCUT2D eigenvalue weighted by Crippen LogP contribution is -2.32. The molecule has 102 valence electrons. The number of aromatic carboxylic acids is 1. The van der Waals surface area contributed by atoms with Crippen LogP contribution in [0.1, 0.15) is 47.5 Å². The smallest absolute Gasteiger partial charge is 0.354 e. The van der Waals surface area contributed by atoms with Crippen LogP contribution in [0, 0.1) is 11.3 Å². The van der Waals surface area contributed by atoms with Gasteiger partial charge >= 0.3 is 5.97 Å². The number of rotatable bonds is 5. The fraction of sp³-hybridized carbons (Fsp3) is 0.500. The zero-order chi connectivity index (χ0) is 14.0. The molecule has 1 aliphatic carbocycles. The monoisotopic (exact) mass is 262 g/mol. The zero-order valence-electron chi connectivity index (χ0n) is 11.1. The molecule has 1 fully saturated rings. The summed E-state index contributed by atoms with van der Waals surface area (Å²) in [6.07, 6.45) is 3.62. The van der Waals surface area contributed by atoms with Crippen molar-refractivity contribution in [3.8, 4) is 0 Å². The Kier molecular flexibility index (Phi) is 3.55. The minimum absolute atomic E-state index is 0.113. The molecule has 2 rings (SSSR count). The lowest BCUT2D eigenvalue weighted by Gasteiger charge is -2.20. The van der Waals surface area contributed by atoms with Crippen molar-refractivity contribution < 1.29 is 14.7 Å². The van der Waals surface area contributed by atoms with Crippen molar-refractivity contribution in [2.24, 2.45) is 11.3 Å². The molecular formula is C14H18N2O3. The first kappa shape index (κ1) is 13.5. The van der Waals surface area contributed by atoms with Crippen molar-refractivity contribution in [1.82, 2.24) is 10.3 Å². The van der Waals surface area contributed by atoms with Crippen LogP contribution < -0.4 is 5.32 Å². The van der Waals surface area contributed by atoms with Gasteiger partial charge in [0.15, 0.2) is 0 Å². The topological polar surface area (TPSA) is 79.3 Å². The highest BCUT2D eigenvalue weighted by Gasteiger charge is 2.45. The first-order valence-corrected chi connectivity index (χ1v) is 6.42. The normalized spacial score (nSPS) is 16.2. The van der Waals surface area contributed by atoms with Gasteiger partial charge in [0.05, 0.1) is 0 Å². The quantitative estimate of drug-likeness (QED) is 0.850. The predicted octanol–water partition coefficient (Wildman–Crippen LogP) is 1.95. The van der Waals surface area contributed by atoms with Gasteiger partial charge in [0.25, 0.3) is 5.91 Å². The minimum Gasteiger partial charge on any atom is -0.477 e. The van der Waals surface area contributed by atoms with Crippen molar-refractivity contribution >= 4 is 11.9 Å². The van der Waals surface area contributed by atoms with E-state index in [4.69, 9.17) is 5.11 Å². The molecule has 0 aliphatic heterocycles. The van der Waals surface area contributed by atoms with Gasteiger partial charge in [0, 0.05) is 18.3 Å². The van der Waals surface area contributed by atoms with Crippen molar-refractivity contribution in [3.63, 3.8) is 0 Å². The van der Waals surface area contributed by atoms with E-state index in [0.717, 1.165) is 12.8 Å². The van der Waals surface area contributed by atoms with Gasteiger partial charge in [-0.3, -0.25) is 4.79 Å². The molecule has 1 heterocycles. The van der Waals surface area contributed by atoms with Crippen molar-refractivity contribution in [3.05, 3.63) is 29.6 Å². The molecular weight excluding hydrogens is 244 g/mol. The third-order valence-corrected chi connectivity index (χ3v) is 3.96. The average molecular weight is 262 g/mol. The van der Waals surface area contributed by atoms with E-state index in [1.165, 1.54) is 18.3 Å². The van der Waals surface area contributed by atoms with Crippen LogP contribution in [-0.4, -0.2) is 28.5 Å². The third-order valence-electron chi connectivity index (χ3n) is 3.96. The van der Waals surface area contributed by atoms with E-state index in [-0.39, 0.29) is 17.0 Å². The Morgan fingerprint density at radius 1 is 1.47 bits per heavy atom. The van der Waals surface area contributed by atoms with Crippen molar-refractivity contribution in [2.75, 3.05) is 6.54 Å². The van der Waals surface area contributed by atoms with Gasteiger partial charge in [-0.15, -0.1) is 0 Å². The van der Waals surface area contributed by atoms with Crippen molar-refractivity contribution in [1.29, 1.82) is 0 Å². The van der Waals surface area contributed by atoms with E-state index in [2.05, 4.69) is 24.1 Å². The van der Waals surface area contributed by atoms with Gasteiger partial charge in [0.2, 0.25) is 0 Å². The molecule has 1 aromatic rings. The number of carbonyl (C=O) groups excluding carboxylic acids is 1. The summed E-state index contributed by atoms with van der Waals surface area (Å²) in [5.74, 6) is -0.827. The summed E-state index contributed by atoms with van der Waals surface area (Å²) in [7, 11) is 0. The number of carboxylic acids is 1. The lowest BCUT2D eigenvalue weighted by atomic mass is 9.92. The second-order valence-electron chi connectivity index (χ2n) is 5.43. The Morgan fingerprint density at radius 2 is 2.16 bits per heavy atom. The SMILES string of the molecule is CC(C)C1(CNC(=O)c2ccnc(C(=O)O)c2)CC1. The second-order valence-corrected chi connectivity index (χ2v) is 5.43. The average Bonchev–Trinajstić information content (AvgIpc) is 3.17. The highest BCUT2D eigenvalue weighted by atomic mass is 16.4. The lowest BCUT2D eigenvalue weighted by molar-refractivity contribution is 0.0690. The number of pyridine rings is 1. The molecule has 0 spiro atoms.